The first-order valence-electron chi connectivity index (χ1n) is 7.14. The van der Waals surface area contributed by atoms with E-state index in [4.69, 9.17) is 0 Å². The Labute approximate surface area is 127 Å². The highest BCUT2D eigenvalue weighted by atomic mass is 32.2. The zero-order chi connectivity index (χ0) is 16.1. The predicted molar refractivity (Wildman–Crippen MR) is 83.0 cm³/mol. The molecule has 6 heteroatoms. The molecule has 21 heavy (non-hydrogen) atoms. The average Bonchev–Trinajstić information content (AvgIpc) is 2.36. The van der Waals surface area contributed by atoms with Crippen LogP contribution in [0.1, 0.15) is 39.7 Å². The van der Waals surface area contributed by atoms with Crippen molar-refractivity contribution in [1.82, 2.24) is 10.0 Å². The molecule has 0 fully saturated rings. The van der Waals surface area contributed by atoms with Crippen LogP contribution < -0.4 is 10.0 Å². The van der Waals surface area contributed by atoms with E-state index in [2.05, 4.69) is 10.0 Å². The molecule has 0 unspecified atom stereocenters. The quantitative estimate of drug-likeness (QED) is 0.760. The molecule has 0 spiro atoms. The maximum absolute atomic E-state index is 14.0. The van der Waals surface area contributed by atoms with Crippen LogP contribution in [-0.2, 0) is 16.6 Å². The highest BCUT2D eigenvalue weighted by Gasteiger charge is 2.21. The third-order valence-corrected chi connectivity index (χ3v) is 4.27. The normalized spacial score (nSPS) is 12.6. The lowest BCUT2D eigenvalue weighted by atomic mass is 9.98. The summed E-state index contributed by atoms with van der Waals surface area (Å²) in [5.41, 5.74) is 0.531. The van der Waals surface area contributed by atoms with Crippen molar-refractivity contribution < 1.29 is 12.8 Å². The van der Waals surface area contributed by atoms with Crippen molar-refractivity contribution >= 4 is 10.0 Å². The van der Waals surface area contributed by atoms with Crippen LogP contribution in [-0.4, -0.2) is 21.5 Å². The number of sulfonamides is 1. The van der Waals surface area contributed by atoms with E-state index in [1.165, 1.54) is 12.1 Å². The highest BCUT2D eigenvalue weighted by molar-refractivity contribution is 7.89. The largest absolute Gasteiger partial charge is 0.313 e. The molecule has 2 N–H and O–H groups in total. The summed E-state index contributed by atoms with van der Waals surface area (Å²) in [4.78, 5) is -0.300. The Kier molecular flexibility index (Phi) is 6.31. The zero-order valence-corrected chi connectivity index (χ0v) is 14.0. The lowest BCUT2D eigenvalue weighted by Gasteiger charge is -2.19. The molecule has 0 saturated heterocycles. The van der Waals surface area contributed by atoms with Crippen LogP contribution in [0.25, 0.3) is 0 Å². The second-order valence-corrected chi connectivity index (χ2v) is 8.06. The third-order valence-electron chi connectivity index (χ3n) is 2.83. The van der Waals surface area contributed by atoms with Crippen molar-refractivity contribution in [1.29, 1.82) is 0 Å². The highest BCUT2D eigenvalue weighted by Crippen LogP contribution is 2.18. The molecule has 0 heterocycles. The van der Waals surface area contributed by atoms with Gasteiger partial charge in [0.05, 0.1) is 0 Å². The Balaban J connectivity index is 2.83. The summed E-state index contributed by atoms with van der Waals surface area (Å²) >= 11 is 0. The minimum absolute atomic E-state index is 0.201. The summed E-state index contributed by atoms with van der Waals surface area (Å²) in [6.07, 6.45) is 0.992. The van der Waals surface area contributed by atoms with Crippen LogP contribution in [0.2, 0.25) is 0 Å². The Morgan fingerprint density at radius 1 is 1.24 bits per heavy atom. The molecule has 0 aliphatic rings. The summed E-state index contributed by atoms with van der Waals surface area (Å²) in [5.74, 6) is -0.716. The van der Waals surface area contributed by atoms with Gasteiger partial charge >= 0.3 is 0 Å². The predicted octanol–water partition coefficient (Wildman–Crippen LogP) is 2.65. The van der Waals surface area contributed by atoms with Crippen molar-refractivity contribution in [2.75, 3.05) is 13.1 Å². The summed E-state index contributed by atoms with van der Waals surface area (Å²) in [6, 6.07) is 4.23. The van der Waals surface area contributed by atoms with Crippen LogP contribution in [0.3, 0.4) is 0 Å². The van der Waals surface area contributed by atoms with Crippen molar-refractivity contribution in [2.24, 2.45) is 5.41 Å². The summed E-state index contributed by atoms with van der Waals surface area (Å²) in [5, 5.41) is 3.15. The number of hydrogen-bond acceptors (Lipinski definition) is 3. The third kappa shape index (κ3) is 6.11. The molecule has 0 aromatic heterocycles. The molecule has 1 rings (SSSR count). The fourth-order valence-corrected chi connectivity index (χ4v) is 3.01. The van der Waals surface area contributed by atoms with E-state index < -0.39 is 15.8 Å². The second kappa shape index (κ2) is 7.33. The molecular weight excluding hydrogens is 291 g/mol. The van der Waals surface area contributed by atoms with Gasteiger partial charge in [-0.3, -0.25) is 0 Å². The molecular formula is C15H25FN2O2S. The van der Waals surface area contributed by atoms with Gasteiger partial charge in [0.2, 0.25) is 10.0 Å². The van der Waals surface area contributed by atoms with Crippen LogP contribution in [0.15, 0.2) is 23.1 Å². The SMILES string of the molecule is CCCNCc1ccc(S(=O)(=O)NCC(C)(C)C)c(F)c1. The van der Waals surface area contributed by atoms with Gasteiger partial charge in [-0.15, -0.1) is 0 Å². The van der Waals surface area contributed by atoms with Crippen molar-refractivity contribution in [2.45, 2.75) is 45.6 Å². The van der Waals surface area contributed by atoms with Gasteiger partial charge in [0, 0.05) is 13.1 Å². The first-order chi connectivity index (χ1) is 9.65. The summed E-state index contributed by atoms with van der Waals surface area (Å²) in [6.45, 7) is 9.41. The average molecular weight is 316 g/mol. The number of halogens is 1. The van der Waals surface area contributed by atoms with Gasteiger partial charge in [-0.2, -0.15) is 0 Å². The molecule has 0 atom stereocenters. The second-order valence-electron chi connectivity index (χ2n) is 6.33. The van der Waals surface area contributed by atoms with E-state index in [9.17, 15) is 12.8 Å². The fraction of sp³-hybridized carbons (Fsp3) is 0.600. The number of hydrogen-bond donors (Lipinski definition) is 2. The monoisotopic (exact) mass is 316 g/mol. The summed E-state index contributed by atoms with van der Waals surface area (Å²) in [7, 11) is -3.81. The first-order valence-corrected chi connectivity index (χ1v) is 8.63. The number of rotatable bonds is 7. The number of nitrogens with one attached hydrogen (secondary N) is 2. The van der Waals surface area contributed by atoms with Gasteiger partial charge in [-0.05, 0) is 36.1 Å². The Morgan fingerprint density at radius 2 is 1.90 bits per heavy atom. The molecule has 0 aliphatic carbocycles. The van der Waals surface area contributed by atoms with Crippen LogP contribution >= 0.6 is 0 Å². The minimum atomic E-state index is -3.81. The molecule has 0 radical (unpaired) electrons. The minimum Gasteiger partial charge on any atom is -0.313 e. The maximum atomic E-state index is 14.0. The first kappa shape index (κ1) is 18.1. The van der Waals surface area contributed by atoms with Crippen molar-refractivity contribution in [3.05, 3.63) is 29.6 Å². The van der Waals surface area contributed by atoms with Gasteiger partial charge < -0.3 is 5.32 Å². The topological polar surface area (TPSA) is 58.2 Å². The fourth-order valence-electron chi connectivity index (χ4n) is 1.67. The molecule has 0 aliphatic heterocycles. The zero-order valence-electron chi connectivity index (χ0n) is 13.2. The van der Waals surface area contributed by atoms with Gasteiger partial charge in [0.25, 0.3) is 0 Å². The van der Waals surface area contributed by atoms with E-state index in [0.717, 1.165) is 18.5 Å². The van der Waals surface area contributed by atoms with E-state index in [-0.39, 0.29) is 16.9 Å². The lowest BCUT2D eigenvalue weighted by molar-refractivity contribution is 0.407. The van der Waals surface area contributed by atoms with E-state index >= 15 is 0 Å². The Morgan fingerprint density at radius 3 is 2.43 bits per heavy atom. The lowest BCUT2D eigenvalue weighted by Crippen LogP contribution is -2.32. The van der Waals surface area contributed by atoms with E-state index in [0.29, 0.717) is 6.54 Å². The van der Waals surface area contributed by atoms with Crippen molar-refractivity contribution in [3.8, 4) is 0 Å². The molecule has 0 bridgehead atoms. The van der Waals surface area contributed by atoms with Crippen LogP contribution in [0.5, 0.6) is 0 Å². The maximum Gasteiger partial charge on any atom is 0.243 e. The van der Waals surface area contributed by atoms with Gasteiger partial charge in [-0.1, -0.05) is 33.8 Å². The molecule has 4 nitrogen and oxygen atoms in total. The van der Waals surface area contributed by atoms with Gasteiger partial charge in [0.1, 0.15) is 10.7 Å². The molecule has 0 amide bonds. The van der Waals surface area contributed by atoms with E-state index in [1.807, 2.05) is 27.7 Å². The number of benzene rings is 1. The van der Waals surface area contributed by atoms with Crippen molar-refractivity contribution in [3.63, 3.8) is 0 Å². The molecule has 1 aromatic carbocycles. The molecule has 0 saturated carbocycles. The molecule has 120 valence electrons. The molecule has 1 aromatic rings. The van der Waals surface area contributed by atoms with Crippen LogP contribution in [0, 0.1) is 11.2 Å². The smallest absolute Gasteiger partial charge is 0.243 e. The van der Waals surface area contributed by atoms with E-state index in [1.54, 1.807) is 6.07 Å². The van der Waals surface area contributed by atoms with Gasteiger partial charge in [-0.25, -0.2) is 17.5 Å². The standard InChI is InChI=1S/C15H25FN2O2S/c1-5-8-17-10-12-6-7-14(13(16)9-12)21(19,20)18-11-15(2,3)4/h6-7,9,17-18H,5,8,10-11H2,1-4H3. The van der Waals surface area contributed by atoms with Gasteiger partial charge in [0.15, 0.2) is 0 Å². The van der Waals surface area contributed by atoms with Crippen LogP contribution in [0.4, 0.5) is 4.39 Å². The Hall–Kier alpha value is -0.980. The summed E-state index contributed by atoms with van der Waals surface area (Å²) < 4.78 is 40.7. The Bertz CT molecular complexity index is 566.